The fourth-order valence-corrected chi connectivity index (χ4v) is 6.71. The molecule has 0 aromatic rings. The van der Waals surface area contributed by atoms with Crippen LogP contribution in [0.5, 0.6) is 0 Å². The van der Waals surface area contributed by atoms with Gasteiger partial charge in [0.05, 0.1) is 0 Å². The van der Waals surface area contributed by atoms with Crippen molar-refractivity contribution in [2.45, 2.75) is 76.1 Å². The minimum Gasteiger partial charge on any atom is -0.454 e. The molecule has 4 bridgehead atoms. The third kappa shape index (κ3) is 3.87. The van der Waals surface area contributed by atoms with Gasteiger partial charge in [0.1, 0.15) is 5.60 Å². The van der Waals surface area contributed by atoms with Crippen LogP contribution >= 0.6 is 0 Å². The molecule has 4 aliphatic rings. The minimum atomic E-state index is -5.87. The van der Waals surface area contributed by atoms with Crippen molar-refractivity contribution in [1.82, 2.24) is 0 Å². The molecule has 2 atom stereocenters. The first-order valence-electron chi connectivity index (χ1n) is 9.41. The van der Waals surface area contributed by atoms with Crippen LogP contribution in [0.3, 0.4) is 0 Å². The van der Waals surface area contributed by atoms with Crippen LogP contribution in [-0.2, 0) is 19.6 Å². The van der Waals surface area contributed by atoms with Crippen molar-refractivity contribution >= 4 is 16.1 Å². The van der Waals surface area contributed by atoms with Gasteiger partial charge in [-0.1, -0.05) is 13.8 Å². The molecular weight excluding hydrogens is 382 g/mol. The first-order valence-corrected chi connectivity index (χ1v) is 10.8. The number of rotatable bonds is 7. The van der Waals surface area contributed by atoms with Crippen molar-refractivity contribution in [3.63, 3.8) is 0 Å². The SMILES string of the molecule is CC(C)(CCO)CC12CC3CC(C1)CC(OC(=O)C(F)(F)S(=O)(=O)O)(C3)C2. The van der Waals surface area contributed by atoms with E-state index >= 15 is 0 Å². The van der Waals surface area contributed by atoms with Crippen LogP contribution in [0.25, 0.3) is 0 Å². The molecule has 0 radical (unpaired) electrons. The second kappa shape index (κ2) is 6.35. The maximum Gasteiger partial charge on any atom is 0.465 e. The van der Waals surface area contributed by atoms with Crippen LogP contribution in [0.15, 0.2) is 0 Å². The highest BCUT2D eigenvalue weighted by Crippen LogP contribution is 2.65. The van der Waals surface area contributed by atoms with Crippen LogP contribution in [0, 0.1) is 22.7 Å². The van der Waals surface area contributed by atoms with Crippen molar-refractivity contribution in [2.24, 2.45) is 22.7 Å². The summed E-state index contributed by atoms with van der Waals surface area (Å²) in [7, 11) is -5.87. The van der Waals surface area contributed by atoms with Crippen LogP contribution < -0.4 is 0 Å². The zero-order valence-electron chi connectivity index (χ0n) is 15.7. The second-order valence-corrected chi connectivity index (χ2v) is 11.3. The Kier molecular flexibility index (Phi) is 4.92. The summed E-state index contributed by atoms with van der Waals surface area (Å²) in [5.74, 6) is -1.68. The number of aliphatic hydroxyl groups is 1. The molecule has 0 saturated heterocycles. The van der Waals surface area contributed by atoms with E-state index in [1.54, 1.807) is 0 Å². The van der Waals surface area contributed by atoms with Gasteiger partial charge in [-0.15, -0.1) is 0 Å². The number of carbonyl (C=O) groups excluding carboxylic acids is 1. The highest BCUT2D eigenvalue weighted by atomic mass is 32.2. The normalized spacial score (nSPS) is 36.1. The Morgan fingerprint density at radius 3 is 2.22 bits per heavy atom. The zero-order valence-corrected chi connectivity index (χ0v) is 16.5. The molecule has 0 aromatic carbocycles. The average molecular weight is 410 g/mol. The van der Waals surface area contributed by atoms with Crippen molar-refractivity contribution in [1.29, 1.82) is 0 Å². The largest absolute Gasteiger partial charge is 0.465 e. The summed E-state index contributed by atoms with van der Waals surface area (Å²) < 4.78 is 63.1. The molecule has 0 aromatic heterocycles. The third-order valence-corrected chi connectivity index (χ3v) is 7.46. The van der Waals surface area contributed by atoms with Crippen LogP contribution in [0.2, 0.25) is 0 Å². The summed E-state index contributed by atoms with van der Waals surface area (Å²) in [5.41, 5.74) is -1.38. The lowest BCUT2D eigenvalue weighted by Gasteiger charge is -2.62. The standard InChI is InChI=1S/C18H28F2O6S/c1-15(2,3-4-21)10-16-6-12-5-13(7-16)9-17(8-12,11-16)26-14(22)18(19,20)27(23,24)25/h12-13,21H,3-11H2,1-2H3,(H,23,24,25). The molecule has 2 unspecified atom stereocenters. The molecule has 0 amide bonds. The molecule has 9 heteroatoms. The Bertz CT molecular complexity index is 703. The van der Waals surface area contributed by atoms with E-state index in [1.807, 2.05) is 0 Å². The fourth-order valence-electron chi connectivity index (χ4n) is 6.46. The first-order chi connectivity index (χ1) is 12.2. The smallest absolute Gasteiger partial charge is 0.454 e. The number of alkyl halides is 2. The number of carbonyl (C=O) groups is 1. The summed E-state index contributed by atoms with van der Waals surface area (Å²) in [5, 5.41) is 4.36. The number of aliphatic hydroxyl groups excluding tert-OH is 1. The van der Waals surface area contributed by atoms with E-state index in [0.717, 1.165) is 25.7 Å². The van der Waals surface area contributed by atoms with Crippen LogP contribution in [-0.4, -0.2) is 41.5 Å². The predicted octanol–water partition coefficient (Wildman–Crippen LogP) is 3.15. The molecule has 0 spiro atoms. The van der Waals surface area contributed by atoms with Crippen molar-refractivity contribution in [3.05, 3.63) is 0 Å². The van der Waals surface area contributed by atoms with E-state index in [1.165, 1.54) is 0 Å². The fraction of sp³-hybridized carbons (Fsp3) is 0.944. The monoisotopic (exact) mass is 410 g/mol. The molecule has 4 rings (SSSR count). The lowest BCUT2D eigenvalue weighted by molar-refractivity contribution is -0.217. The van der Waals surface area contributed by atoms with Gasteiger partial charge in [0.25, 0.3) is 0 Å². The third-order valence-electron chi connectivity index (χ3n) is 6.64. The Labute approximate surface area is 158 Å². The van der Waals surface area contributed by atoms with Gasteiger partial charge >= 0.3 is 21.3 Å². The second-order valence-electron chi connectivity index (χ2n) is 9.84. The van der Waals surface area contributed by atoms with E-state index in [2.05, 4.69) is 13.8 Å². The van der Waals surface area contributed by atoms with Crippen LogP contribution in [0.1, 0.15) is 65.2 Å². The Hall–Kier alpha value is -0.800. The Morgan fingerprint density at radius 1 is 1.19 bits per heavy atom. The van der Waals surface area contributed by atoms with Gasteiger partial charge in [0.15, 0.2) is 0 Å². The summed E-state index contributed by atoms with van der Waals surface area (Å²) >= 11 is 0. The molecule has 4 saturated carbocycles. The molecular formula is C18H28F2O6S. The van der Waals surface area contributed by atoms with Gasteiger partial charge in [-0.05, 0) is 74.0 Å². The summed E-state index contributed by atoms with van der Waals surface area (Å²) in [6.45, 7) is 4.19. The minimum absolute atomic E-state index is 0.0661. The zero-order chi connectivity index (χ0) is 20.3. The highest BCUT2D eigenvalue weighted by molar-refractivity contribution is 7.87. The molecule has 4 aliphatic carbocycles. The van der Waals surface area contributed by atoms with Gasteiger partial charge < -0.3 is 9.84 Å². The molecule has 6 nitrogen and oxygen atoms in total. The molecule has 4 fully saturated rings. The number of ether oxygens (including phenoxy) is 1. The van der Waals surface area contributed by atoms with Gasteiger partial charge in [0.2, 0.25) is 0 Å². The van der Waals surface area contributed by atoms with Crippen molar-refractivity contribution in [2.75, 3.05) is 6.61 Å². The molecule has 0 heterocycles. The Morgan fingerprint density at radius 2 is 1.74 bits per heavy atom. The maximum atomic E-state index is 13.7. The van der Waals surface area contributed by atoms with Crippen LogP contribution in [0.4, 0.5) is 8.78 Å². The lowest BCUT2D eigenvalue weighted by Crippen LogP contribution is -2.59. The summed E-state index contributed by atoms with van der Waals surface area (Å²) in [6.07, 6.45) is 5.60. The molecule has 156 valence electrons. The van der Waals surface area contributed by atoms with Gasteiger partial charge in [-0.2, -0.15) is 17.2 Å². The quantitative estimate of drug-likeness (QED) is 0.494. The number of halogens is 2. The molecule has 27 heavy (non-hydrogen) atoms. The van der Waals surface area contributed by atoms with E-state index in [-0.39, 0.29) is 29.3 Å². The molecule has 2 N–H and O–H groups in total. The van der Waals surface area contributed by atoms with Gasteiger partial charge in [0, 0.05) is 6.61 Å². The maximum absolute atomic E-state index is 13.7. The van der Waals surface area contributed by atoms with Crippen molar-refractivity contribution < 1.29 is 36.4 Å². The number of hydrogen-bond acceptors (Lipinski definition) is 5. The lowest BCUT2D eigenvalue weighted by atomic mass is 9.45. The van der Waals surface area contributed by atoms with E-state index in [9.17, 15) is 27.1 Å². The number of esters is 1. The van der Waals surface area contributed by atoms with Gasteiger partial charge in [-0.3, -0.25) is 4.55 Å². The summed E-state index contributed by atoms with van der Waals surface area (Å²) in [6, 6.07) is 0. The highest BCUT2D eigenvalue weighted by Gasteiger charge is 2.63. The first kappa shape index (κ1) is 20.9. The predicted molar refractivity (Wildman–Crippen MR) is 92.5 cm³/mol. The van der Waals surface area contributed by atoms with Crippen molar-refractivity contribution in [3.8, 4) is 0 Å². The van der Waals surface area contributed by atoms with E-state index < -0.39 is 26.9 Å². The van der Waals surface area contributed by atoms with E-state index in [4.69, 9.17) is 9.29 Å². The van der Waals surface area contributed by atoms with Gasteiger partial charge in [-0.25, -0.2) is 4.79 Å². The molecule has 0 aliphatic heterocycles. The Balaban J connectivity index is 1.84. The average Bonchev–Trinajstić information content (AvgIpc) is 2.42. The topological polar surface area (TPSA) is 101 Å². The number of hydrogen-bond donors (Lipinski definition) is 2. The van der Waals surface area contributed by atoms with E-state index in [0.29, 0.717) is 25.7 Å². The summed E-state index contributed by atoms with van der Waals surface area (Å²) in [4.78, 5) is 11.9.